The number of benzene rings is 2. The third-order valence-corrected chi connectivity index (χ3v) is 5.72. The second-order valence-corrected chi connectivity index (χ2v) is 7.82. The number of amides is 1. The summed E-state index contributed by atoms with van der Waals surface area (Å²) in [4.78, 5) is 17.3. The van der Waals surface area contributed by atoms with Gasteiger partial charge in [0.2, 0.25) is 0 Å². The second kappa shape index (κ2) is 7.28. The average molecular weight is 487 g/mol. The van der Waals surface area contributed by atoms with Gasteiger partial charge in [-0.2, -0.15) is 4.99 Å². The molecule has 0 aliphatic rings. The monoisotopic (exact) mass is 486 g/mol. The van der Waals surface area contributed by atoms with Crippen LogP contribution in [0.3, 0.4) is 0 Å². The number of halogens is 3. The summed E-state index contributed by atoms with van der Waals surface area (Å²) < 4.78 is 3.43. The number of fused-ring (bicyclic) bond motifs is 1. The average Bonchev–Trinajstić information content (AvgIpc) is 2.85. The molecule has 24 heavy (non-hydrogen) atoms. The van der Waals surface area contributed by atoms with E-state index in [1.807, 2.05) is 18.2 Å². The van der Waals surface area contributed by atoms with Crippen molar-refractivity contribution in [3.05, 3.63) is 60.4 Å². The molecule has 0 saturated carbocycles. The molecule has 1 aromatic heterocycles. The van der Waals surface area contributed by atoms with Gasteiger partial charge in [0.25, 0.3) is 5.91 Å². The van der Waals surface area contributed by atoms with E-state index in [-0.39, 0.29) is 12.5 Å². The van der Waals surface area contributed by atoms with Crippen molar-refractivity contribution in [2.75, 3.05) is 0 Å². The molecule has 0 saturated heterocycles. The molecular weight excluding hydrogens is 478 g/mol. The van der Waals surface area contributed by atoms with Gasteiger partial charge in [0, 0.05) is 8.59 Å². The van der Waals surface area contributed by atoms with Crippen molar-refractivity contribution in [1.82, 2.24) is 4.57 Å². The molecule has 1 amide bonds. The van der Waals surface area contributed by atoms with Crippen molar-refractivity contribution in [2.24, 2.45) is 4.99 Å². The molecular formula is C17H9Cl2IN2OS. The van der Waals surface area contributed by atoms with Gasteiger partial charge in [-0.05, 0) is 46.9 Å². The molecule has 3 aromatic rings. The summed E-state index contributed by atoms with van der Waals surface area (Å²) in [6.07, 6.45) is 5.46. The maximum absolute atomic E-state index is 12.5. The summed E-state index contributed by atoms with van der Waals surface area (Å²) in [5.41, 5.74) is 1.28. The predicted octanol–water partition coefficient (Wildman–Crippen LogP) is 4.99. The van der Waals surface area contributed by atoms with Crippen LogP contribution >= 0.6 is 57.1 Å². The van der Waals surface area contributed by atoms with E-state index < -0.39 is 0 Å². The van der Waals surface area contributed by atoms with Crippen molar-refractivity contribution in [3.8, 4) is 12.3 Å². The molecule has 0 unspecified atom stereocenters. The number of thiazole rings is 1. The van der Waals surface area contributed by atoms with E-state index in [9.17, 15) is 4.79 Å². The Balaban J connectivity index is 2.24. The van der Waals surface area contributed by atoms with E-state index in [1.54, 1.807) is 22.8 Å². The lowest BCUT2D eigenvalue weighted by Crippen LogP contribution is -2.17. The van der Waals surface area contributed by atoms with Gasteiger partial charge in [-0.3, -0.25) is 4.79 Å². The van der Waals surface area contributed by atoms with Crippen LogP contribution in [0.4, 0.5) is 0 Å². The van der Waals surface area contributed by atoms with Crippen molar-refractivity contribution in [2.45, 2.75) is 6.54 Å². The topological polar surface area (TPSA) is 34.4 Å². The predicted molar refractivity (Wildman–Crippen MR) is 108 cm³/mol. The SMILES string of the molecule is C#CCn1c(=NC(=O)c2ccccc2I)sc2cc(Cl)cc(Cl)c21. The first-order chi connectivity index (χ1) is 11.5. The smallest absolute Gasteiger partial charge is 0.280 e. The Morgan fingerprint density at radius 3 is 2.79 bits per heavy atom. The fourth-order valence-corrected chi connectivity index (χ4v) is 4.66. The van der Waals surface area contributed by atoms with E-state index in [0.29, 0.717) is 20.4 Å². The zero-order valence-electron chi connectivity index (χ0n) is 12.1. The molecule has 1 heterocycles. The number of aromatic nitrogens is 1. The highest BCUT2D eigenvalue weighted by Crippen LogP contribution is 2.29. The van der Waals surface area contributed by atoms with Crippen molar-refractivity contribution >= 4 is 73.3 Å². The van der Waals surface area contributed by atoms with Crippen molar-refractivity contribution in [3.63, 3.8) is 0 Å². The standard InChI is InChI=1S/C17H9Cl2IN2OS/c1-2-7-22-15-12(19)8-10(18)9-14(15)24-17(22)21-16(23)11-5-3-4-6-13(11)20/h1,3-6,8-9H,7H2. The fraction of sp³-hybridized carbons (Fsp3) is 0.0588. The molecule has 0 N–H and O–H groups in total. The zero-order valence-corrected chi connectivity index (χ0v) is 16.6. The number of carbonyl (C=O) groups is 1. The van der Waals surface area contributed by atoms with Crippen LogP contribution in [-0.2, 0) is 6.54 Å². The van der Waals surface area contributed by atoms with Gasteiger partial charge in [0.1, 0.15) is 0 Å². The van der Waals surface area contributed by atoms with Crippen LogP contribution in [0.15, 0.2) is 41.4 Å². The largest absolute Gasteiger partial charge is 0.303 e. The Hall–Kier alpha value is -1.33. The van der Waals surface area contributed by atoms with Crippen LogP contribution in [0.2, 0.25) is 10.0 Å². The number of terminal acetylenes is 1. The molecule has 0 spiro atoms. The molecule has 3 rings (SSSR count). The Labute approximate surface area is 166 Å². The van der Waals surface area contributed by atoms with E-state index in [1.165, 1.54) is 11.3 Å². The molecule has 120 valence electrons. The molecule has 7 heteroatoms. The van der Waals surface area contributed by atoms with Gasteiger partial charge in [-0.15, -0.1) is 6.42 Å². The lowest BCUT2D eigenvalue weighted by atomic mass is 10.2. The highest BCUT2D eigenvalue weighted by atomic mass is 127. The number of nitrogens with zero attached hydrogens (tertiary/aromatic N) is 2. The van der Waals surface area contributed by atoms with Gasteiger partial charge in [-0.25, -0.2) is 0 Å². The summed E-state index contributed by atoms with van der Waals surface area (Å²) in [6, 6.07) is 10.7. The maximum Gasteiger partial charge on any atom is 0.280 e. The molecule has 0 aliphatic carbocycles. The van der Waals surface area contributed by atoms with Crippen molar-refractivity contribution < 1.29 is 4.79 Å². The number of rotatable bonds is 2. The van der Waals surface area contributed by atoms with Gasteiger partial charge in [0.05, 0.1) is 27.3 Å². The van der Waals surface area contributed by atoms with Gasteiger partial charge in [0.15, 0.2) is 4.80 Å². The minimum absolute atomic E-state index is 0.263. The number of hydrogen-bond donors (Lipinski definition) is 0. The first-order valence-electron chi connectivity index (χ1n) is 6.76. The molecule has 3 nitrogen and oxygen atoms in total. The minimum atomic E-state index is -0.320. The molecule has 0 aliphatic heterocycles. The number of hydrogen-bond acceptors (Lipinski definition) is 2. The highest BCUT2D eigenvalue weighted by Gasteiger charge is 2.13. The van der Waals surface area contributed by atoms with Crippen LogP contribution in [0.5, 0.6) is 0 Å². The lowest BCUT2D eigenvalue weighted by molar-refractivity contribution is 0.0997. The summed E-state index contributed by atoms with van der Waals surface area (Å²) in [5, 5.41) is 1.00. The van der Waals surface area contributed by atoms with Gasteiger partial charge < -0.3 is 4.57 Å². The fourth-order valence-electron chi connectivity index (χ4n) is 2.23. The zero-order chi connectivity index (χ0) is 17.3. The lowest BCUT2D eigenvalue weighted by Gasteiger charge is -2.02. The van der Waals surface area contributed by atoms with Crippen LogP contribution in [0.1, 0.15) is 10.4 Å². The van der Waals surface area contributed by atoms with E-state index in [4.69, 9.17) is 29.6 Å². The van der Waals surface area contributed by atoms with Crippen LogP contribution in [-0.4, -0.2) is 10.5 Å². The van der Waals surface area contributed by atoms with E-state index >= 15 is 0 Å². The molecule has 0 atom stereocenters. The van der Waals surface area contributed by atoms with E-state index in [0.717, 1.165) is 13.8 Å². The first-order valence-corrected chi connectivity index (χ1v) is 9.42. The highest BCUT2D eigenvalue weighted by molar-refractivity contribution is 14.1. The van der Waals surface area contributed by atoms with Crippen molar-refractivity contribution in [1.29, 1.82) is 0 Å². The van der Waals surface area contributed by atoms with Crippen LogP contribution in [0.25, 0.3) is 10.2 Å². The second-order valence-electron chi connectivity index (χ2n) is 4.81. The summed E-state index contributed by atoms with van der Waals surface area (Å²) in [7, 11) is 0. The molecule has 0 bridgehead atoms. The van der Waals surface area contributed by atoms with Crippen LogP contribution < -0.4 is 4.80 Å². The summed E-state index contributed by atoms with van der Waals surface area (Å²) >= 11 is 15.8. The Kier molecular flexibility index (Phi) is 5.30. The summed E-state index contributed by atoms with van der Waals surface area (Å²) in [6.45, 7) is 0.263. The minimum Gasteiger partial charge on any atom is -0.303 e. The normalized spacial score (nSPS) is 11.7. The van der Waals surface area contributed by atoms with Gasteiger partial charge in [-0.1, -0.05) is 52.6 Å². The van der Waals surface area contributed by atoms with E-state index in [2.05, 4.69) is 33.5 Å². The Bertz CT molecular complexity index is 1060. The third-order valence-electron chi connectivity index (χ3n) is 3.25. The third kappa shape index (κ3) is 3.38. The maximum atomic E-state index is 12.5. The number of carbonyl (C=O) groups excluding carboxylic acids is 1. The summed E-state index contributed by atoms with van der Waals surface area (Å²) in [5.74, 6) is 2.25. The first kappa shape index (κ1) is 17.5. The molecule has 2 aromatic carbocycles. The Morgan fingerprint density at radius 2 is 2.08 bits per heavy atom. The quantitative estimate of drug-likeness (QED) is 0.371. The van der Waals surface area contributed by atoms with Gasteiger partial charge >= 0.3 is 0 Å². The molecule has 0 fully saturated rings. The molecule has 0 radical (unpaired) electrons. The van der Waals surface area contributed by atoms with Crippen LogP contribution in [0, 0.1) is 15.9 Å². The Morgan fingerprint density at radius 1 is 1.33 bits per heavy atom.